The van der Waals surface area contributed by atoms with Crippen LogP contribution in [0.4, 0.5) is 5.69 Å². The number of H-pyrrole nitrogens is 2. The number of para-hydroxylation sites is 1. The van der Waals surface area contributed by atoms with Crippen molar-refractivity contribution < 1.29 is 0 Å². The third-order valence-corrected chi connectivity index (χ3v) is 5.76. The Hall–Kier alpha value is -3.84. The number of nitrogens with one attached hydrogen (secondary N) is 3. The molecule has 0 fully saturated rings. The second kappa shape index (κ2) is 7.45. The molecule has 156 valence electrons. The Morgan fingerprint density at radius 3 is 2.45 bits per heavy atom. The van der Waals surface area contributed by atoms with Gasteiger partial charge in [0.05, 0.1) is 16.5 Å². The Balaban J connectivity index is 1.75. The molecule has 0 radical (unpaired) electrons. The summed E-state index contributed by atoms with van der Waals surface area (Å²) in [5, 5.41) is 8.59. The summed E-state index contributed by atoms with van der Waals surface area (Å²) in [6.07, 6.45) is 0. The summed E-state index contributed by atoms with van der Waals surface area (Å²) in [6, 6.07) is 19.0. The molecule has 0 aliphatic rings. The zero-order chi connectivity index (χ0) is 21.5. The summed E-state index contributed by atoms with van der Waals surface area (Å²) >= 11 is 0. The molecule has 0 atom stereocenters. The van der Waals surface area contributed by atoms with Gasteiger partial charge in [0.1, 0.15) is 0 Å². The lowest BCUT2D eigenvalue weighted by molar-refractivity contribution is 0.768. The van der Waals surface area contributed by atoms with Crippen molar-refractivity contribution in [2.75, 3.05) is 32.1 Å². The Bertz CT molecular complexity index is 1530. The van der Waals surface area contributed by atoms with E-state index in [4.69, 9.17) is 0 Å². The van der Waals surface area contributed by atoms with E-state index in [0.29, 0.717) is 16.5 Å². The van der Waals surface area contributed by atoms with E-state index in [1.54, 1.807) is 18.2 Å². The van der Waals surface area contributed by atoms with Gasteiger partial charge in [-0.3, -0.25) is 14.7 Å². The lowest BCUT2D eigenvalue weighted by Gasteiger charge is -2.19. The van der Waals surface area contributed by atoms with Gasteiger partial charge >= 0.3 is 0 Å². The molecule has 0 aliphatic heterocycles. The minimum absolute atomic E-state index is 0.251. The van der Waals surface area contributed by atoms with Crippen LogP contribution in [0.3, 0.4) is 0 Å². The van der Waals surface area contributed by atoms with E-state index in [1.165, 1.54) is 4.68 Å². The van der Waals surface area contributed by atoms with E-state index in [1.807, 2.05) is 37.4 Å². The van der Waals surface area contributed by atoms with Crippen LogP contribution in [0.5, 0.6) is 0 Å². The van der Waals surface area contributed by atoms with Gasteiger partial charge in [-0.25, -0.2) is 4.68 Å². The molecule has 0 unspecified atom stereocenters. The highest BCUT2D eigenvalue weighted by atomic mass is 16.2. The lowest BCUT2D eigenvalue weighted by Crippen LogP contribution is -2.28. The molecule has 0 amide bonds. The smallest absolute Gasteiger partial charge is 0.277 e. The van der Waals surface area contributed by atoms with Crippen molar-refractivity contribution in [3.8, 4) is 5.69 Å². The maximum absolute atomic E-state index is 13.2. The molecule has 5 aromatic rings. The molecule has 31 heavy (non-hydrogen) atoms. The first-order valence-electron chi connectivity index (χ1n) is 10.2. The average Bonchev–Trinajstić information content (AvgIpc) is 3.16. The molecule has 0 aliphatic carbocycles. The molecule has 0 spiro atoms. The van der Waals surface area contributed by atoms with Gasteiger partial charge in [-0.2, -0.15) is 0 Å². The van der Waals surface area contributed by atoms with Gasteiger partial charge in [0.15, 0.2) is 0 Å². The summed E-state index contributed by atoms with van der Waals surface area (Å²) in [4.78, 5) is 31.6. The maximum atomic E-state index is 13.2. The van der Waals surface area contributed by atoms with Gasteiger partial charge in [0.2, 0.25) is 0 Å². The number of likely N-dealkylation sites (N-methyl/N-ethyl adjacent to an activating group) is 2. The van der Waals surface area contributed by atoms with Crippen molar-refractivity contribution in [2.24, 2.45) is 0 Å². The first-order chi connectivity index (χ1) is 15.1. The molecular weight excluding hydrogens is 390 g/mol. The summed E-state index contributed by atoms with van der Waals surface area (Å²) in [7, 11) is 3.99. The zero-order valence-electron chi connectivity index (χ0n) is 17.4. The fraction of sp³-hybridized carbons (Fsp3) is 0.167. The van der Waals surface area contributed by atoms with Crippen LogP contribution in [0.15, 0.2) is 70.3 Å². The highest BCUT2D eigenvalue weighted by Gasteiger charge is 2.14. The first-order valence-corrected chi connectivity index (χ1v) is 10.2. The van der Waals surface area contributed by atoms with Gasteiger partial charge in [-0.05, 0) is 49.5 Å². The fourth-order valence-corrected chi connectivity index (χ4v) is 4.04. The summed E-state index contributed by atoms with van der Waals surface area (Å²) in [5.74, 6) is 0. The van der Waals surface area contributed by atoms with Crippen LogP contribution in [0, 0.1) is 0 Å². The lowest BCUT2D eigenvalue weighted by atomic mass is 10.1. The van der Waals surface area contributed by atoms with Crippen LogP contribution in [0.2, 0.25) is 0 Å². The highest BCUT2D eigenvalue weighted by molar-refractivity contribution is 6.12. The Labute approximate surface area is 177 Å². The van der Waals surface area contributed by atoms with Gasteiger partial charge < -0.3 is 15.2 Å². The monoisotopic (exact) mass is 413 g/mol. The number of aromatic amines is 2. The number of hydrogen-bond donors (Lipinski definition) is 3. The number of nitrogens with zero attached hydrogens (tertiary/aromatic N) is 2. The molecule has 2 heterocycles. The number of fused-ring (bicyclic) bond motifs is 4. The molecule has 0 saturated carbocycles. The van der Waals surface area contributed by atoms with E-state index in [2.05, 4.69) is 39.5 Å². The van der Waals surface area contributed by atoms with E-state index in [-0.39, 0.29) is 11.1 Å². The third-order valence-electron chi connectivity index (χ3n) is 5.76. The van der Waals surface area contributed by atoms with E-state index in [0.717, 1.165) is 40.6 Å². The molecule has 3 aromatic carbocycles. The van der Waals surface area contributed by atoms with E-state index >= 15 is 0 Å². The van der Waals surface area contributed by atoms with Gasteiger partial charge in [0.25, 0.3) is 11.1 Å². The van der Waals surface area contributed by atoms with Crippen LogP contribution in [0.1, 0.15) is 0 Å². The Kier molecular flexibility index (Phi) is 4.60. The Morgan fingerprint density at radius 2 is 1.68 bits per heavy atom. The SMILES string of the molecule is CNCCN(C)c1ccc2[nH]c3cc4c(=O)[nH]n(-c5ccccc5)c(=O)c4cc3c2c1. The number of hydrogen-bond acceptors (Lipinski definition) is 4. The predicted octanol–water partition coefficient (Wildman–Crippen LogP) is 2.97. The molecule has 2 aromatic heterocycles. The normalized spacial score (nSPS) is 11.5. The van der Waals surface area contributed by atoms with Crippen LogP contribution in [-0.2, 0) is 0 Å². The van der Waals surface area contributed by atoms with E-state index in [9.17, 15) is 9.59 Å². The predicted molar refractivity (Wildman–Crippen MR) is 127 cm³/mol. The molecular formula is C24H23N5O2. The minimum atomic E-state index is -0.300. The van der Waals surface area contributed by atoms with Crippen molar-refractivity contribution in [1.82, 2.24) is 20.1 Å². The van der Waals surface area contributed by atoms with Crippen molar-refractivity contribution in [3.63, 3.8) is 0 Å². The highest BCUT2D eigenvalue weighted by Crippen LogP contribution is 2.30. The van der Waals surface area contributed by atoms with Gasteiger partial charge in [-0.1, -0.05) is 18.2 Å². The first kappa shape index (κ1) is 19.1. The second-order valence-electron chi connectivity index (χ2n) is 7.74. The van der Waals surface area contributed by atoms with Gasteiger partial charge in [0, 0.05) is 47.6 Å². The number of aromatic nitrogens is 3. The minimum Gasteiger partial charge on any atom is -0.373 e. The fourth-order valence-electron chi connectivity index (χ4n) is 4.04. The molecule has 0 bridgehead atoms. The summed E-state index contributed by atoms with van der Waals surface area (Å²) in [5.41, 5.74) is 2.97. The molecule has 5 rings (SSSR count). The van der Waals surface area contributed by atoms with Crippen molar-refractivity contribution in [1.29, 1.82) is 0 Å². The second-order valence-corrected chi connectivity index (χ2v) is 7.74. The van der Waals surface area contributed by atoms with Crippen molar-refractivity contribution in [3.05, 3.63) is 81.4 Å². The van der Waals surface area contributed by atoms with Crippen LogP contribution in [-0.4, -0.2) is 41.9 Å². The van der Waals surface area contributed by atoms with E-state index < -0.39 is 0 Å². The zero-order valence-corrected chi connectivity index (χ0v) is 17.4. The quantitative estimate of drug-likeness (QED) is 0.414. The maximum Gasteiger partial charge on any atom is 0.277 e. The summed E-state index contributed by atoms with van der Waals surface area (Å²) < 4.78 is 1.31. The Morgan fingerprint density at radius 1 is 0.903 bits per heavy atom. The number of anilines is 1. The largest absolute Gasteiger partial charge is 0.373 e. The number of rotatable bonds is 5. The molecule has 0 saturated heterocycles. The third kappa shape index (κ3) is 3.19. The topological polar surface area (TPSA) is 85.9 Å². The molecule has 7 nitrogen and oxygen atoms in total. The average molecular weight is 413 g/mol. The van der Waals surface area contributed by atoms with Crippen molar-refractivity contribution >= 4 is 38.3 Å². The molecule has 7 heteroatoms. The van der Waals surface area contributed by atoms with Gasteiger partial charge in [-0.15, -0.1) is 0 Å². The standard InChI is InChI=1S/C24H23N5O2/c1-25-10-11-28(2)16-8-9-21-17(12-16)18-13-20-19(14-22(18)26-21)23(30)27-29(24(20)31)15-6-4-3-5-7-15/h3-9,12-14,25-26H,10-11H2,1-2H3,(H,27,30). The molecule has 3 N–H and O–H groups in total. The number of benzene rings is 3. The van der Waals surface area contributed by atoms with Crippen molar-refractivity contribution in [2.45, 2.75) is 0 Å². The van der Waals surface area contributed by atoms with Crippen LogP contribution >= 0.6 is 0 Å². The van der Waals surface area contributed by atoms with Crippen LogP contribution < -0.4 is 21.3 Å². The van der Waals surface area contributed by atoms with Crippen LogP contribution in [0.25, 0.3) is 38.3 Å². The summed E-state index contributed by atoms with van der Waals surface area (Å²) in [6.45, 7) is 1.76.